The maximum absolute atomic E-state index is 12.9. The number of rotatable bonds is 6. The highest BCUT2D eigenvalue weighted by atomic mass is 32.1. The monoisotopic (exact) mass is 331 g/mol. The van der Waals surface area contributed by atoms with Crippen LogP contribution in [-0.2, 0) is 6.18 Å². The Balaban J connectivity index is 3.28. The van der Waals surface area contributed by atoms with E-state index in [0.717, 1.165) is 12.1 Å². The summed E-state index contributed by atoms with van der Waals surface area (Å²) in [6, 6.07) is 2.07. The van der Waals surface area contributed by atoms with Crippen molar-refractivity contribution in [3.63, 3.8) is 0 Å². The Morgan fingerprint density at radius 1 is 1.36 bits per heavy atom. The summed E-state index contributed by atoms with van der Waals surface area (Å²) in [5.41, 5.74) is -1.05. The molecule has 0 spiro atoms. The fraction of sp³-hybridized carbons (Fsp3) is 0.467. The second-order valence-corrected chi connectivity index (χ2v) is 5.36. The highest BCUT2D eigenvalue weighted by Crippen LogP contribution is 2.33. The van der Waals surface area contributed by atoms with Gasteiger partial charge in [0, 0.05) is 5.56 Å². The van der Waals surface area contributed by atoms with Gasteiger partial charge in [-0.1, -0.05) is 13.8 Å². The van der Waals surface area contributed by atoms with E-state index in [1.807, 2.05) is 13.8 Å². The second-order valence-electron chi connectivity index (χ2n) is 5.18. The molecule has 0 bridgehead atoms. The van der Waals surface area contributed by atoms with Gasteiger partial charge >= 0.3 is 6.18 Å². The third-order valence-corrected chi connectivity index (χ3v) is 3.07. The van der Waals surface area contributed by atoms with Gasteiger partial charge < -0.3 is 4.74 Å². The van der Waals surface area contributed by atoms with Crippen LogP contribution >= 0.6 is 12.2 Å². The number of benzene rings is 1. The molecular formula is C15H16F3NO2S. The first-order valence-electron chi connectivity index (χ1n) is 6.56. The Morgan fingerprint density at radius 2 is 2.00 bits per heavy atom. The molecule has 0 radical (unpaired) electrons. The van der Waals surface area contributed by atoms with Crippen LogP contribution in [-0.4, -0.2) is 24.1 Å². The van der Waals surface area contributed by atoms with Crippen LogP contribution in [0.25, 0.3) is 0 Å². The average Bonchev–Trinajstić information content (AvgIpc) is 2.44. The third-order valence-electron chi connectivity index (χ3n) is 2.96. The van der Waals surface area contributed by atoms with E-state index >= 15 is 0 Å². The standard InChI is InChI=1S/C15H16F3NO2S/c1-9(2)4-13(19-8-22)14(20)10-5-11(15(16,17)18)7-12(6-10)21-3/h5-7,9,13H,4H2,1-3H3. The van der Waals surface area contributed by atoms with Crippen LogP contribution in [0.15, 0.2) is 23.2 Å². The summed E-state index contributed by atoms with van der Waals surface area (Å²) < 4.78 is 43.5. The van der Waals surface area contributed by atoms with Crippen molar-refractivity contribution in [1.82, 2.24) is 0 Å². The van der Waals surface area contributed by atoms with Gasteiger partial charge in [0.05, 0.1) is 17.8 Å². The van der Waals surface area contributed by atoms with Crippen molar-refractivity contribution in [3.8, 4) is 5.75 Å². The van der Waals surface area contributed by atoms with Crippen LogP contribution in [0.5, 0.6) is 5.75 Å². The van der Waals surface area contributed by atoms with Crippen LogP contribution in [0.3, 0.4) is 0 Å². The summed E-state index contributed by atoms with van der Waals surface area (Å²) in [7, 11) is 1.24. The number of hydrogen-bond acceptors (Lipinski definition) is 4. The molecule has 120 valence electrons. The smallest absolute Gasteiger partial charge is 0.416 e. The Kier molecular flexibility index (Phi) is 6.26. The molecule has 0 amide bonds. The van der Waals surface area contributed by atoms with Gasteiger partial charge in [-0.15, -0.1) is 0 Å². The van der Waals surface area contributed by atoms with Gasteiger partial charge in [0.15, 0.2) is 5.78 Å². The van der Waals surface area contributed by atoms with Crippen molar-refractivity contribution < 1.29 is 22.7 Å². The van der Waals surface area contributed by atoms with Crippen molar-refractivity contribution in [1.29, 1.82) is 0 Å². The lowest BCUT2D eigenvalue weighted by molar-refractivity contribution is -0.137. The maximum atomic E-state index is 12.9. The maximum Gasteiger partial charge on any atom is 0.416 e. The summed E-state index contributed by atoms with van der Waals surface area (Å²) in [4.78, 5) is 16.2. The fourth-order valence-electron chi connectivity index (χ4n) is 1.94. The number of aliphatic imine (C=N–C) groups is 1. The highest BCUT2D eigenvalue weighted by Gasteiger charge is 2.33. The quantitative estimate of drug-likeness (QED) is 0.440. The van der Waals surface area contributed by atoms with Crippen LogP contribution < -0.4 is 4.74 Å². The topological polar surface area (TPSA) is 38.7 Å². The Bertz CT molecular complexity index is 593. The minimum absolute atomic E-state index is 0.0344. The molecule has 0 fully saturated rings. The van der Waals surface area contributed by atoms with Gasteiger partial charge in [0.1, 0.15) is 11.8 Å². The van der Waals surface area contributed by atoms with E-state index in [-0.39, 0.29) is 17.2 Å². The number of ether oxygens (including phenoxy) is 1. The predicted octanol–water partition coefficient (Wildman–Crippen LogP) is 4.41. The Hall–Kier alpha value is -1.72. The summed E-state index contributed by atoms with van der Waals surface area (Å²) in [6.45, 7) is 3.76. The number of carbonyl (C=O) groups excluding carboxylic acids is 1. The van der Waals surface area contributed by atoms with Crippen molar-refractivity contribution >= 4 is 23.2 Å². The minimum atomic E-state index is -4.56. The number of thiocarbonyl (C=S) groups is 1. The number of hydrogen-bond donors (Lipinski definition) is 0. The molecule has 0 heterocycles. The van der Waals surface area contributed by atoms with E-state index in [9.17, 15) is 18.0 Å². The number of halogens is 3. The van der Waals surface area contributed by atoms with Crippen molar-refractivity contribution in [2.45, 2.75) is 32.5 Å². The largest absolute Gasteiger partial charge is 0.497 e. The molecule has 0 aliphatic rings. The van der Waals surface area contributed by atoms with Crippen LogP contribution in [0.4, 0.5) is 13.2 Å². The van der Waals surface area contributed by atoms with Gasteiger partial charge in [-0.3, -0.25) is 4.79 Å². The van der Waals surface area contributed by atoms with Crippen molar-refractivity contribution in [2.24, 2.45) is 10.9 Å². The van der Waals surface area contributed by atoms with Crippen molar-refractivity contribution in [3.05, 3.63) is 29.3 Å². The number of isothiocyanates is 1. The number of nitrogens with zero attached hydrogens (tertiary/aromatic N) is 1. The first-order chi connectivity index (χ1) is 10.2. The summed E-state index contributed by atoms with van der Waals surface area (Å²) >= 11 is 4.51. The molecule has 1 aromatic rings. The number of alkyl halides is 3. The lowest BCUT2D eigenvalue weighted by Gasteiger charge is -2.15. The highest BCUT2D eigenvalue weighted by molar-refractivity contribution is 7.78. The fourth-order valence-corrected chi connectivity index (χ4v) is 2.07. The van der Waals surface area contributed by atoms with E-state index in [1.165, 1.54) is 13.2 Å². The van der Waals surface area contributed by atoms with Crippen molar-refractivity contribution in [2.75, 3.05) is 7.11 Å². The first kappa shape index (κ1) is 18.3. The van der Waals surface area contributed by atoms with Crippen LogP contribution in [0.1, 0.15) is 36.2 Å². The molecule has 1 atom stereocenters. The molecule has 0 aromatic heterocycles. The normalized spacial score (nSPS) is 12.7. The predicted molar refractivity (Wildman–Crippen MR) is 80.6 cm³/mol. The molecule has 3 nitrogen and oxygen atoms in total. The van der Waals surface area contributed by atoms with E-state index in [0.29, 0.717) is 6.42 Å². The summed E-state index contributed by atoms with van der Waals surface area (Å²) in [6.07, 6.45) is -4.19. The molecule has 0 saturated heterocycles. The zero-order chi connectivity index (χ0) is 16.9. The van der Waals surface area contributed by atoms with E-state index in [2.05, 4.69) is 22.4 Å². The van der Waals surface area contributed by atoms with E-state index < -0.39 is 23.6 Å². The number of methoxy groups -OCH3 is 1. The lowest BCUT2D eigenvalue weighted by Crippen LogP contribution is -2.21. The molecule has 1 unspecified atom stereocenters. The lowest BCUT2D eigenvalue weighted by atomic mass is 9.95. The van der Waals surface area contributed by atoms with Gasteiger partial charge in [-0.2, -0.15) is 13.2 Å². The van der Waals surface area contributed by atoms with Gasteiger partial charge in [-0.25, -0.2) is 4.99 Å². The number of ketones is 1. The third kappa shape index (κ3) is 4.93. The first-order valence-corrected chi connectivity index (χ1v) is 6.97. The molecule has 1 rings (SSSR count). The van der Waals surface area contributed by atoms with Gasteiger partial charge in [-0.05, 0) is 42.8 Å². The molecule has 1 aromatic carbocycles. The van der Waals surface area contributed by atoms with Gasteiger partial charge in [0.2, 0.25) is 0 Å². The molecule has 22 heavy (non-hydrogen) atoms. The molecule has 0 N–H and O–H groups in total. The molecule has 0 saturated carbocycles. The number of Topliss-reactive ketones (excluding diaryl/α,β-unsaturated/α-hetero) is 1. The molecular weight excluding hydrogens is 315 g/mol. The van der Waals surface area contributed by atoms with Gasteiger partial charge in [0.25, 0.3) is 0 Å². The number of carbonyl (C=O) groups is 1. The SMILES string of the molecule is COc1cc(C(=O)C(CC(C)C)N=C=S)cc(C(F)(F)F)c1. The van der Waals surface area contributed by atoms with E-state index in [1.54, 1.807) is 0 Å². The zero-order valence-corrected chi connectivity index (χ0v) is 13.2. The second kappa shape index (κ2) is 7.51. The Morgan fingerprint density at radius 3 is 2.45 bits per heavy atom. The van der Waals surface area contributed by atoms with Crippen LogP contribution in [0, 0.1) is 5.92 Å². The minimum Gasteiger partial charge on any atom is -0.497 e. The molecule has 0 aliphatic carbocycles. The average molecular weight is 331 g/mol. The Labute approximate surface area is 132 Å². The molecule has 7 heteroatoms. The summed E-state index contributed by atoms with van der Waals surface area (Å²) in [5.74, 6) is -0.433. The zero-order valence-electron chi connectivity index (χ0n) is 12.4. The van der Waals surface area contributed by atoms with Crippen LogP contribution in [0.2, 0.25) is 0 Å². The summed E-state index contributed by atoms with van der Waals surface area (Å²) in [5, 5.41) is 2.13. The molecule has 0 aliphatic heterocycles. The van der Waals surface area contributed by atoms with E-state index in [4.69, 9.17) is 4.74 Å².